The lowest BCUT2D eigenvalue weighted by atomic mass is 10.0. The lowest BCUT2D eigenvalue weighted by Gasteiger charge is -2.25. The highest BCUT2D eigenvalue weighted by atomic mass is 32.2. The van der Waals surface area contributed by atoms with Crippen LogP contribution in [0.3, 0.4) is 0 Å². The zero-order valence-electron chi connectivity index (χ0n) is 12.4. The molecule has 1 atom stereocenters. The number of halogens is 1. The van der Waals surface area contributed by atoms with Crippen molar-refractivity contribution < 1.29 is 12.8 Å². The summed E-state index contributed by atoms with van der Waals surface area (Å²) in [7, 11) is -3.79. The average Bonchev–Trinajstić information content (AvgIpc) is 2.99. The predicted octanol–water partition coefficient (Wildman–Crippen LogP) is 1.87. The molecule has 0 bridgehead atoms. The fraction of sp³-hybridized carbons (Fsp3) is 0.312. The maximum atomic E-state index is 14.2. The normalized spacial score (nSPS) is 21.3. The van der Waals surface area contributed by atoms with Gasteiger partial charge in [-0.3, -0.25) is 9.29 Å². The number of nitrogens with zero attached hydrogens (tertiary/aromatic N) is 2. The quantitative estimate of drug-likeness (QED) is 0.911. The Morgan fingerprint density at radius 3 is 3.04 bits per heavy atom. The van der Waals surface area contributed by atoms with Crippen LogP contribution in [-0.4, -0.2) is 37.3 Å². The van der Waals surface area contributed by atoms with Gasteiger partial charge in [-0.1, -0.05) is 18.2 Å². The van der Waals surface area contributed by atoms with E-state index in [-0.39, 0.29) is 16.2 Å². The van der Waals surface area contributed by atoms with Crippen LogP contribution in [0.15, 0.2) is 47.3 Å². The molecule has 5 nitrogen and oxygen atoms in total. The molecule has 1 aromatic carbocycles. The van der Waals surface area contributed by atoms with Crippen LogP contribution in [0.1, 0.15) is 6.42 Å². The van der Waals surface area contributed by atoms with Crippen molar-refractivity contribution in [3.05, 3.63) is 48.2 Å². The lowest BCUT2D eigenvalue weighted by molar-refractivity contribution is 0.495. The first kappa shape index (κ1) is 14.6. The molecule has 2 aliphatic rings. The SMILES string of the molecule is O=S(=O)(c1cccc2cncc(F)c12)N1CCC2CNCC=C21. The molecule has 7 heteroatoms. The van der Waals surface area contributed by atoms with Gasteiger partial charge in [0.05, 0.1) is 11.1 Å². The van der Waals surface area contributed by atoms with Gasteiger partial charge in [-0.15, -0.1) is 0 Å². The van der Waals surface area contributed by atoms with Gasteiger partial charge < -0.3 is 5.32 Å². The Hall–Kier alpha value is -1.99. The Labute approximate surface area is 133 Å². The molecule has 0 amide bonds. The summed E-state index contributed by atoms with van der Waals surface area (Å²) in [6, 6.07) is 4.76. The highest BCUT2D eigenvalue weighted by Crippen LogP contribution is 2.36. The number of pyridine rings is 1. The van der Waals surface area contributed by atoms with E-state index < -0.39 is 15.8 Å². The van der Waals surface area contributed by atoms with Crippen LogP contribution in [0.4, 0.5) is 4.39 Å². The third-order valence-electron chi connectivity index (χ3n) is 4.50. The Morgan fingerprint density at radius 1 is 1.30 bits per heavy atom. The molecule has 1 saturated heterocycles. The summed E-state index contributed by atoms with van der Waals surface area (Å²) >= 11 is 0. The van der Waals surface area contributed by atoms with Gasteiger partial charge in [0.25, 0.3) is 10.0 Å². The molecule has 0 spiro atoms. The molecule has 3 heterocycles. The standard InChI is InChI=1S/C16H16FN3O2S/c17-13-10-19-9-12-2-1-3-15(16(12)13)23(21,22)20-7-5-11-8-18-6-4-14(11)20/h1-4,9-11,18H,5-8H2. The van der Waals surface area contributed by atoms with Crippen LogP contribution in [0.2, 0.25) is 0 Å². The number of hydrogen-bond acceptors (Lipinski definition) is 4. The molecule has 1 aromatic heterocycles. The number of benzene rings is 1. The maximum absolute atomic E-state index is 14.2. The van der Waals surface area contributed by atoms with Gasteiger partial charge in [-0.2, -0.15) is 0 Å². The number of hydrogen-bond donors (Lipinski definition) is 1. The van der Waals surface area contributed by atoms with Crippen molar-refractivity contribution in [2.24, 2.45) is 5.92 Å². The monoisotopic (exact) mass is 333 g/mol. The summed E-state index contributed by atoms with van der Waals surface area (Å²) in [6.45, 7) is 1.88. The number of rotatable bonds is 2. The van der Waals surface area contributed by atoms with Crippen molar-refractivity contribution in [3.63, 3.8) is 0 Å². The first-order chi connectivity index (χ1) is 11.1. The fourth-order valence-electron chi connectivity index (χ4n) is 3.41. The highest BCUT2D eigenvalue weighted by molar-refractivity contribution is 7.89. The van der Waals surface area contributed by atoms with E-state index in [0.717, 1.165) is 24.9 Å². The largest absolute Gasteiger partial charge is 0.313 e. The van der Waals surface area contributed by atoms with E-state index in [1.807, 2.05) is 6.08 Å². The van der Waals surface area contributed by atoms with Crippen LogP contribution in [-0.2, 0) is 10.0 Å². The van der Waals surface area contributed by atoms with Gasteiger partial charge in [0.15, 0.2) is 5.82 Å². The van der Waals surface area contributed by atoms with Crippen molar-refractivity contribution in [1.82, 2.24) is 14.6 Å². The first-order valence-corrected chi connectivity index (χ1v) is 8.99. The highest BCUT2D eigenvalue weighted by Gasteiger charge is 2.38. The third-order valence-corrected chi connectivity index (χ3v) is 6.37. The molecule has 0 saturated carbocycles. The Kier molecular flexibility index (Phi) is 3.35. The number of fused-ring (bicyclic) bond motifs is 2. The third kappa shape index (κ3) is 2.22. The summed E-state index contributed by atoms with van der Waals surface area (Å²) in [5.41, 5.74) is 0.829. The van der Waals surface area contributed by atoms with E-state index in [2.05, 4.69) is 10.3 Å². The molecule has 1 unspecified atom stereocenters. The summed E-state index contributed by atoms with van der Waals surface area (Å²) in [5, 5.41) is 3.84. The minimum atomic E-state index is -3.79. The Morgan fingerprint density at radius 2 is 2.17 bits per heavy atom. The van der Waals surface area contributed by atoms with Gasteiger partial charge in [0.1, 0.15) is 0 Å². The topological polar surface area (TPSA) is 62.3 Å². The van der Waals surface area contributed by atoms with Gasteiger partial charge in [0, 0.05) is 48.2 Å². The van der Waals surface area contributed by atoms with Gasteiger partial charge in [-0.25, -0.2) is 12.8 Å². The minimum Gasteiger partial charge on any atom is -0.313 e. The molecular weight excluding hydrogens is 317 g/mol. The van der Waals surface area contributed by atoms with E-state index >= 15 is 0 Å². The predicted molar refractivity (Wildman–Crippen MR) is 84.7 cm³/mol. The molecule has 0 radical (unpaired) electrons. The molecular formula is C16H16FN3O2S. The van der Waals surface area contributed by atoms with Crippen molar-refractivity contribution in [2.45, 2.75) is 11.3 Å². The molecule has 4 rings (SSSR count). The average molecular weight is 333 g/mol. The van der Waals surface area contributed by atoms with Crippen LogP contribution in [0, 0.1) is 11.7 Å². The van der Waals surface area contributed by atoms with Crippen molar-refractivity contribution in [2.75, 3.05) is 19.6 Å². The van der Waals surface area contributed by atoms with E-state index in [4.69, 9.17) is 0 Å². The van der Waals surface area contributed by atoms with E-state index in [1.165, 1.54) is 16.6 Å². The summed E-state index contributed by atoms with van der Waals surface area (Å²) < 4.78 is 41.9. The molecule has 120 valence electrons. The maximum Gasteiger partial charge on any atom is 0.264 e. The zero-order chi connectivity index (χ0) is 16.0. The van der Waals surface area contributed by atoms with Crippen molar-refractivity contribution in [3.8, 4) is 0 Å². The molecule has 0 aliphatic carbocycles. The van der Waals surface area contributed by atoms with Crippen LogP contribution >= 0.6 is 0 Å². The first-order valence-electron chi connectivity index (χ1n) is 7.55. The second-order valence-electron chi connectivity index (χ2n) is 5.83. The Balaban J connectivity index is 1.89. The molecule has 23 heavy (non-hydrogen) atoms. The second kappa shape index (κ2) is 5.28. The lowest BCUT2D eigenvalue weighted by Crippen LogP contribution is -2.33. The molecule has 1 N–H and O–H groups in total. The Bertz CT molecular complexity index is 905. The zero-order valence-corrected chi connectivity index (χ0v) is 13.2. The summed E-state index contributed by atoms with van der Waals surface area (Å²) in [4.78, 5) is 3.80. The summed E-state index contributed by atoms with van der Waals surface area (Å²) in [5.74, 6) is -0.406. The minimum absolute atomic E-state index is 0.00924. The molecule has 1 fully saturated rings. The van der Waals surface area contributed by atoms with Crippen LogP contribution < -0.4 is 5.32 Å². The smallest absolute Gasteiger partial charge is 0.264 e. The number of sulfonamides is 1. The number of aromatic nitrogens is 1. The fourth-order valence-corrected chi connectivity index (χ4v) is 5.22. The van der Waals surface area contributed by atoms with E-state index in [1.54, 1.807) is 12.1 Å². The van der Waals surface area contributed by atoms with Crippen molar-refractivity contribution >= 4 is 20.8 Å². The summed E-state index contributed by atoms with van der Waals surface area (Å²) in [6.07, 6.45) is 5.24. The van der Waals surface area contributed by atoms with Gasteiger partial charge in [0.2, 0.25) is 0 Å². The second-order valence-corrected chi connectivity index (χ2v) is 7.66. The molecule has 2 aliphatic heterocycles. The van der Waals surface area contributed by atoms with Gasteiger partial charge in [-0.05, 0) is 12.5 Å². The van der Waals surface area contributed by atoms with E-state index in [0.29, 0.717) is 18.5 Å². The molecule has 2 aromatic rings. The van der Waals surface area contributed by atoms with Gasteiger partial charge >= 0.3 is 0 Å². The number of nitrogens with one attached hydrogen (secondary N) is 1. The van der Waals surface area contributed by atoms with E-state index in [9.17, 15) is 12.8 Å². The van der Waals surface area contributed by atoms with Crippen molar-refractivity contribution in [1.29, 1.82) is 0 Å². The van der Waals surface area contributed by atoms with Crippen LogP contribution in [0.25, 0.3) is 10.8 Å². The van der Waals surface area contributed by atoms with Crippen LogP contribution in [0.5, 0.6) is 0 Å².